The van der Waals surface area contributed by atoms with Crippen LogP contribution in [0.15, 0.2) is 63.2 Å². The van der Waals surface area contributed by atoms with Crippen molar-refractivity contribution in [2.45, 2.75) is 21.3 Å². The lowest BCUT2D eigenvalue weighted by molar-refractivity contribution is 0.282. The molecule has 6 heteroatoms. The van der Waals surface area contributed by atoms with E-state index in [0.29, 0.717) is 0 Å². The van der Waals surface area contributed by atoms with Crippen LogP contribution in [0.1, 0.15) is 5.56 Å². The second-order valence-electron chi connectivity index (χ2n) is 3.92. The van der Waals surface area contributed by atoms with Crippen LogP contribution in [0.25, 0.3) is 0 Å². The Morgan fingerprint density at radius 3 is 1.84 bits per heavy atom. The summed E-state index contributed by atoms with van der Waals surface area (Å²) in [5.41, 5.74) is 0.855. The van der Waals surface area contributed by atoms with Crippen LogP contribution in [0.5, 0.6) is 0 Å². The fraction of sp³-hybridized carbons (Fsp3) is 0.0769. The Labute approximate surface area is 116 Å². The summed E-state index contributed by atoms with van der Waals surface area (Å²) in [5, 5.41) is 14.0. The quantitative estimate of drug-likeness (QED) is 0.903. The smallest absolute Gasteiger partial charge is 0.238 e. The average Bonchev–Trinajstić information content (AvgIpc) is 2.39. The number of aliphatic hydroxyl groups excluding tert-OH is 1. The van der Waals surface area contributed by atoms with Crippen molar-refractivity contribution in [3.05, 3.63) is 54.1 Å². The molecule has 0 aromatic heterocycles. The number of benzene rings is 2. The molecule has 100 valence electrons. The molecule has 3 N–H and O–H groups in total. The Hall–Kier alpha value is -1.34. The molecule has 0 fully saturated rings. The molecule has 2 aromatic rings. The topological polar surface area (TPSA) is 80.4 Å². The van der Waals surface area contributed by atoms with E-state index in [1.54, 1.807) is 12.1 Å². The average molecular weight is 295 g/mol. The van der Waals surface area contributed by atoms with Gasteiger partial charge in [0.2, 0.25) is 10.0 Å². The fourth-order valence-corrected chi connectivity index (χ4v) is 2.83. The lowest BCUT2D eigenvalue weighted by Crippen LogP contribution is -2.11. The Morgan fingerprint density at radius 1 is 0.947 bits per heavy atom. The van der Waals surface area contributed by atoms with Gasteiger partial charge in [0.15, 0.2) is 0 Å². The Morgan fingerprint density at radius 2 is 1.42 bits per heavy atom. The minimum Gasteiger partial charge on any atom is -0.392 e. The minimum absolute atomic E-state index is 0.0218. The van der Waals surface area contributed by atoms with Crippen molar-refractivity contribution in [3.63, 3.8) is 0 Å². The molecule has 0 aliphatic carbocycles. The van der Waals surface area contributed by atoms with E-state index in [1.165, 1.54) is 23.9 Å². The molecule has 0 radical (unpaired) electrons. The highest BCUT2D eigenvalue weighted by atomic mass is 32.2. The molecule has 0 aliphatic heterocycles. The van der Waals surface area contributed by atoms with E-state index < -0.39 is 10.0 Å². The number of aliphatic hydroxyl groups is 1. The van der Waals surface area contributed by atoms with Gasteiger partial charge in [0.25, 0.3) is 0 Å². The van der Waals surface area contributed by atoms with E-state index in [2.05, 4.69) is 0 Å². The van der Waals surface area contributed by atoms with Gasteiger partial charge < -0.3 is 5.11 Å². The van der Waals surface area contributed by atoms with E-state index in [4.69, 9.17) is 10.2 Å². The predicted octanol–water partition coefficient (Wildman–Crippen LogP) is 1.98. The van der Waals surface area contributed by atoms with Gasteiger partial charge in [0.1, 0.15) is 0 Å². The molecule has 4 nitrogen and oxygen atoms in total. The van der Waals surface area contributed by atoms with Gasteiger partial charge in [-0.1, -0.05) is 23.9 Å². The summed E-state index contributed by atoms with van der Waals surface area (Å²) in [5.74, 6) is 0. The van der Waals surface area contributed by atoms with E-state index in [-0.39, 0.29) is 11.5 Å². The highest BCUT2D eigenvalue weighted by molar-refractivity contribution is 7.99. The molecule has 2 rings (SSSR count). The fourth-order valence-electron chi connectivity index (χ4n) is 1.50. The highest BCUT2D eigenvalue weighted by Crippen LogP contribution is 2.28. The lowest BCUT2D eigenvalue weighted by atomic mass is 10.2. The van der Waals surface area contributed by atoms with Gasteiger partial charge in [-0.3, -0.25) is 0 Å². The molecular weight excluding hydrogens is 282 g/mol. The zero-order chi connectivity index (χ0) is 13.9. The van der Waals surface area contributed by atoms with E-state index in [0.717, 1.165) is 15.4 Å². The molecule has 0 amide bonds. The second kappa shape index (κ2) is 5.75. The van der Waals surface area contributed by atoms with Gasteiger partial charge >= 0.3 is 0 Å². The maximum atomic E-state index is 11.1. The van der Waals surface area contributed by atoms with Crippen LogP contribution in [-0.4, -0.2) is 13.5 Å². The first kappa shape index (κ1) is 14.1. The number of nitrogens with two attached hydrogens (primary N) is 1. The van der Waals surface area contributed by atoms with Gasteiger partial charge in [0, 0.05) is 9.79 Å². The predicted molar refractivity (Wildman–Crippen MR) is 74.3 cm³/mol. The monoisotopic (exact) mass is 295 g/mol. The van der Waals surface area contributed by atoms with Crippen LogP contribution in [0.3, 0.4) is 0 Å². The maximum Gasteiger partial charge on any atom is 0.238 e. The molecule has 0 heterocycles. The van der Waals surface area contributed by atoms with Crippen molar-refractivity contribution in [2.75, 3.05) is 0 Å². The Balaban J connectivity index is 2.15. The summed E-state index contributed by atoms with van der Waals surface area (Å²) in [7, 11) is -3.64. The second-order valence-corrected chi connectivity index (χ2v) is 6.63. The van der Waals surface area contributed by atoms with Crippen LogP contribution in [0.4, 0.5) is 0 Å². The van der Waals surface area contributed by atoms with Crippen molar-refractivity contribution in [1.82, 2.24) is 0 Å². The zero-order valence-electron chi connectivity index (χ0n) is 9.98. The third-order valence-electron chi connectivity index (χ3n) is 2.49. The first-order valence-corrected chi connectivity index (χ1v) is 7.86. The first-order valence-electron chi connectivity index (χ1n) is 5.49. The van der Waals surface area contributed by atoms with E-state index in [9.17, 15) is 8.42 Å². The van der Waals surface area contributed by atoms with Gasteiger partial charge in [-0.05, 0) is 42.0 Å². The summed E-state index contributed by atoms with van der Waals surface area (Å²) in [6.45, 7) is 0.0218. The van der Waals surface area contributed by atoms with Crippen LogP contribution in [0, 0.1) is 0 Å². The zero-order valence-corrected chi connectivity index (χ0v) is 11.6. The van der Waals surface area contributed by atoms with Crippen molar-refractivity contribution < 1.29 is 13.5 Å². The number of sulfonamides is 1. The van der Waals surface area contributed by atoms with Crippen molar-refractivity contribution in [3.8, 4) is 0 Å². The molecule has 19 heavy (non-hydrogen) atoms. The van der Waals surface area contributed by atoms with E-state index >= 15 is 0 Å². The van der Waals surface area contributed by atoms with Crippen LogP contribution >= 0.6 is 11.8 Å². The standard InChI is InChI=1S/C13H13NO3S2/c14-19(16,17)13-7-5-12(6-8-13)18-11-3-1-10(9-15)2-4-11/h1-8,15H,9H2,(H2,14,16,17). The van der Waals surface area contributed by atoms with Crippen LogP contribution in [-0.2, 0) is 16.6 Å². The molecular formula is C13H13NO3S2. The summed E-state index contributed by atoms with van der Waals surface area (Å²) in [6.07, 6.45) is 0. The van der Waals surface area contributed by atoms with Crippen molar-refractivity contribution in [2.24, 2.45) is 5.14 Å². The number of hydrogen-bond acceptors (Lipinski definition) is 4. The van der Waals surface area contributed by atoms with Crippen LogP contribution in [0.2, 0.25) is 0 Å². The Kier molecular flexibility index (Phi) is 4.26. The summed E-state index contributed by atoms with van der Waals surface area (Å²) in [4.78, 5) is 2.04. The van der Waals surface area contributed by atoms with Crippen LogP contribution < -0.4 is 5.14 Å². The number of primary sulfonamides is 1. The summed E-state index contributed by atoms with van der Waals surface area (Å²) in [6, 6.07) is 13.9. The molecule has 0 aliphatic rings. The minimum atomic E-state index is -3.64. The maximum absolute atomic E-state index is 11.1. The molecule has 0 unspecified atom stereocenters. The highest BCUT2D eigenvalue weighted by Gasteiger charge is 2.07. The van der Waals surface area contributed by atoms with Gasteiger partial charge in [-0.15, -0.1) is 0 Å². The van der Waals surface area contributed by atoms with Gasteiger partial charge in [-0.25, -0.2) is 13.6 Å². The van der Waals surface area contributed by atoms with E-state index in [1.807, 2.05) is 24.3 Å². The number of hydrogen-bond donors (Lipinski definition) is 2. The molecule has 0 atom stereocenters. The van der Waals surface area contributed by atoms with Gasteiger partial charge in [0.05, 0.1) is 11.5 Å². The summed E-state index contributed by atoms with van der Waals surface area (Å²) < 4.78 is 22.2. The van der Waals surface area contributed by atoms with Gasteiger partial charge in [-0.2, -0.15) is 0 Å². The SMILES string of the molecule is NS(=O)(=O)c1ccc(Sc2ccc(CO)cc2)cc1. The normalized spacial score (nSPS) is 11.5. The summed E-state index contributed by atoms with van der Waals surface area (Å²) >= 11 is 1.51. The molecule has 2 aromatic carbocycles. The first-order chi connectivity index (χ1) is 8.99. The Bertz CT molecular complexity index is 649. The lowest BCUT2D eigenvalue weighted by Gasteiger charge is -2.04. The molecule has 0 spiro atoms. The number of rotatable bonds is 4. The molecule has 0 saturated heterocycles. The largest absolute Gasteiger partial charge is 0.392 e. The molecule has 0 saturated carbocycles. The van der Waals surface area contributed by atoms with Crippen molar-refractivity contribution >= 4 is 21.8 Å². The molecule has 0 bridgehead atoms. The van der Waals surface area contributed by atoms with Crippen molar-refractivity contribution in [1.29, 1.82) is 0 Å². The third kappa shape index (κ3) is 3.81. The third-order valence-corrected chi connectivity index (χ3v) is 4.44.